The summed E-state index contributed by atoms with van der Waals surface area (Å²) in [6.45, 7) is 10.0. The van der Waals surface area contributed by atoms with Gasteiger partial charge in [0.15, 0.2) is 0 Å². The number of rotatable bonds is 3. The second-order valence-corrected chi connectivity index (χ2v) is 9.79. The van der Waals surface area contributed by atoms with Gasteiger partial charge in [0.25, 0.3) is 10.2 Å². The van der Waals surface area contributed by atoms with Crippen LogP contribution in [-0.4, -0.2) is 65.7 Å². The van der Waals surface area contributed by atoms with E-state index in [1.807, 2.05) is 6.92 Å². The van der Waals surface area contributed by atoms with E-state index < -0.39 is 10.2 Å². The lowest BCUT2D eigenvalue weighted by molar-refractivity contribution is 0.209. The first-order valence-electron chi connectivity index (χ1n) is 8.66. The Balaban J connectivity index is 1.68. The minimum atomic E-state index is -3.37. The SMILES string of the molecule is Cc1nsc(N2CCCN(S(=O)(=O)N3C[C@@H](C)C[C@H](C)C3)CC2)n1. The van der Waals surface area contributed by atoms with Gasteiger partial charge in [-0.25, -0.2) is 4.98 Å². The van der Waals surface area contributed by atoms with Crippen LogP contribution >= 0.6 is 11.5 Å². The van der Waals surface area contributed by atoms with Crippen molar-refractivity contribution in [2.45, 2.75) is 33.6 Å². The van der Waals surface area contributed by atoms with Crippen molar-refractivity contribution in [3.63, 3.8) is 0 Å². The highest BCUT2D eigenvalue weighted by molar-refractivity contribution is 7.86. The summed E-state index contributed by atoms with van der Waals surface area (Å²) in [4.78, 5) is 6.58. The first kappa shape index (κ1) is 18.0. The second-order valence-electron chi connectivity index (χ2n) is 7.13. The third-order valence-electron chi connectivity index (χ3n) is 4.73. The molecule has 7 nitrogen and oxygen atoms in total. The molecule has 2 saturated heterocycles. The molecule has 3 heterocycles. The van der Waals surface area contributed by atoms with E-state index in [9.17, 15) is 8.42 Å². The van der Waals surface area contributed by atoms with Crippen molar-refractivity contribution in [1.82, 2.24) is 18.0 Å². The Bertz CT molecular complexity index is 653. The lowest BCUT2D eigenvalue weighted by Gasteiger charge is -2.37. The normalized spacial score (nSPS) is 28.0. The molecule has 0 amide bonds. The zero-order valence-corrected chi connectivity index (χ0v) is 16.3. The smallest absolute Gasteiger partial charge is 0.282 e. The topological polar surface area (TPSA) is 69.6 Å². The van der Waals surface area contributed by atoms with Crippen molar-refractivity contribution in [3.05, 3.63) is 5.82 Å². The minimum Gasteiger partial charge on any atom is -0.345 e. The van der Waals surface area contributed by atoms with Crippen molar-refractivity contribution in [2.75, 3.05) is 44.2 Å². The third-order valence-corrected chi connectivity index (χ3v) is 7.57. The Morgan fingerprint density at radius 3 is 2.38 bits per heavy atom. The molecule has 2 atom stereocenters. The van der Waals surface area contributed by atoms with E-state index in [4.69, 9.17) is 0 Å². The van der Waals surface area contributed by atoms with Crippen LogP contribution in [0.4, 0.5) is 5.13 Å². The summed E-state index contributed by atoms with van der Waals surface area (Å²) in [6.07, 6.45) is 1.92. The average molecular weight is 374 g/mol. The Labute approximate surface area is 149 Å². The molecule has 0 spiro atoms. The van der Waals surface area contributed by atoms with Crippen molar-refractivity contribution in [3.8, 4) is 0 Å². The fourth-order valence-electron chi connectivity index (χ4n) is 3.69. The van der Waals surface area contributed by atoms with Crippen molar-refractivity contribution in [2.24, 2.45) is 11.8 Å². The number of hydrogen-bond donors (Lipinski definition) is 0. The van der Waals surface area contributed by atoms with Gasteiger partial charge in [0.1, 0.15) is 5.82 Å². The number of nitrogens with zero attached hydrogens (tertiary/aromatic N) is 5. The van der Waals surface area contributed by atoms with Crippen LogP contribution in [-0.2, 0) is 10.2 Å². The minimum absolute atomic E-state index is 0.427. The van der Waals surface area contributed by atoms with Gasteiger partial charge in [-0.1, -0.05) is 13.8 Å². The van der Waals surface area contributed by atoms with E-state index in [1.54, 1.807) is 8.61 Å². The maximum Gasteiger partial charge on any atom is 0.282 e. The maximum atomic E-state index is 13.0. The molecule has 0 unspecified atom stereocenters. The predicted octanol–water partition coefficient (Wildman–Crippen LogP) is 1.58. The van der Waals surface area contributed by atoms with Crippen molar-refractivity contribution < 1.29 is 8.42 Å². The summed E-state index contributed by atoms with van der Waals surface area (Å²) in [5.74, 6) is 1.63. The maximum absolute atomic E-state index is 13.0. The molecular weight excluding hydrogens is 346 g/mol. The summed E-state index contributed by atoms with van der Waals surface area (Å²) in [5, 5.41) is 0.895. The third kappa shape index (κ3) is 3.89. The molecule has 0 aromatic carbocycles. The Kier molecular flexibility index (Phi) is 5.43. The fourth-order valence-corrected chi connectivity index (χ4v) is 6.30. The van der Waals surface area contributed by atoms with Gasteiger partial charge in [-0.15, -0.1) is 0 Å². The lowest BCUT2D eigenvalue weighted by atomic mass is 9.94. The largest absolute Gasteiger partial charge is 0.345 e. The van der Waals surface area contributed by atoms with Gasteiger partial charge in [-0.05, 0) is 31.6 Å². The molecule has 0 aliphatic carbocycles. The van der Waals surface area contributed by atoms with Crippen LogP contribution < -0.4 is 4.90 Å². The van der Waals surface area contributed by atoms with Gasteiger partial charge in [-0.2, -0.15) is 21.4 Å². The highest BCUT2D eigenvalue weighted by Gasteiger charge is 2.35. The Morgan fingerprint density at radius 1 is 1.04 bits per heavy atom. The number of aromatic nitrogens is 2. The Morgan fingerprint density at radius 2 is 1.75 bits per heavy atom. The average Bonchev–Trinajstić information content (AvgIpc) is 2.79. The number of aryl methyl sites for hydroxylation is 1. The van der Waals surface area contributed by atoms with Gasteiger partial charge in [-0.3, -0.25) is 0 Å². The highest BCUT2D eigenvalue weighted by Crippen LogP contribution is 2.26. The van der Waals surface area contributed by atoms with E-state index in [0.717, 1.165) is 30.3 Å². The van der Waals surface area contributed by atoms with E-state index in [2.05, 4.69) is 28.1 Å². The molecule has 2 aliphatic rings. The highest BCUT2D eigenvalue weighted by atomic mass is 32.2. The number of piperidine rings is 1. The molecule has 0 saturated carbocycles. The molecule has 2 fully saturated rings. The fraction of sp³-hybridized carbons (Fsp3) is 0.867. The number of hydrogen-bond acceptors (Lipinski definition) is 6. The summed E-state index contributed by atoms with van der Waals surface area (Å²) >= 11 is 1.39. The monoisotopic (exact) mass is 373 g/mol. The van der Waals surface area contributed by atoms with Crippen LogP contribution in [0.2, 0.25) is 0 Å². The molecule has 3 rings (SSSR count). The molecule has 1 aromatic rings. The summed E-state index contributed by atoms with van der Waals surface area (Å²) in [5.41, 5.74) is 0. The van der Waals surface area contributed by atoms with Gasteiger partial charge < -0.3 is 4.90 Å². The lowest BCUT2D eigenvalue weighted by Crippen LogP contribution is -2.50. The first-order valence-corrected chi connectivity index (χ1v) is 10.8. The zero-order valence-electron chi connectivity index (χ0n) is 14.7. The van der Waals surface area contributed by atoms with Crippen LogP contribution in [0.5, 0.6) is 0 Å². The van der Waals surface area contributed by atoms with Crippen molar-refractivity contribution >= 4 is 26.9 Å². The van der Waals surface area contributed by atoms with Crippen LogP contribution in [0, 0.1) is 18.8 Å². The predicted molar refractivity (Wildman–Crippen MR) is 96.5 cm³/mol. The van der Waals surface area contributed by atoms with Crippen LogP contribution in [0.3, 0.4) is 0 Å². The van der Waals surface area contributed by atoms with Crippen LogP contribution in [0.15, 0.2) is 0 Å². The zero-order chi connectivity index (χ0) is 17.3. The van der Waals surface area contributed by atoms with Crippen LogP contribution in [0.1, 0.15) is 32.5 Å². The van der Waals surface area contributed by atoms with Gasteiger partial charge in [0.2, 0.25) is 5.13 Å². The van der Waals surface area contributed by atoms with Gasteiger partial charge in [0, 0.05) is 50.8 Å². The van der Waals surface area contributed by atoms with Crippen molar-refractivity contribution in [1.29, 1.82) is 0 Å². The first-order chi connectivity index (χ1) is 11.4. The molecule has 1 aromatic heterocycles. The van der Waals surface area contributed by atoms with E-state index in [0.29, 0.717) is 44.6 Å². The summed E-state index contributed by atoms with van der Waals surface area (Å²) < 4.78 is 33.7. The van der Waals surface area contributed by atoms with Gasteiger partial charge >= 0.3 is 0 Å². The summed E-state index contributed by atoms with van der Waals surface area (Å²) in [6, 6.07) is 0. The molecule has 9 heteroatoms. The Hall–Kier alpha value is -0.770. The van der Waals surface area contributed by atoms with E-state index >= 15 is 0 Å². The molecular formula is C15H27N5O2S2. The van der Waals surface area contributed by atoms with Gasteiger partial charge in [0.05, 0.1) is 0 Å². The standard InChI is InChI=1S/C15H27N5O2S2/c1-12-9-13(2)11-20(10-12)24(21,22)19-6-4-5-18(7-8-19)15-16-14(3)17-23-15/h12-13H,4-11H2,1-3H3/t12-,13-/m0/s1. The molecule has 136 valence electrons. The van der Waals surface area contributed by atoms with E-state index in [1.165, 1.54) is 11.5 Å². The van der Waals surface area contributed by atoms with Crippen LogP contribution in [0.25, 0.3) is 0 Å². The molecule has 24 heavy (non-hydrogen) atoms. The molecule has 0 bridgehead atoms. The van der Waals surface area contributed by atoms with E-state index in [-0.39, 0.29) is 0 Å². The number of anilines is 1. The summed E-state index contributed by atoms with van der Waals surface area (Å²) in [7, 11) is -3.37. The molecule has 0 radical (unpaired) electrons. The molecule has 2 aliphatic heterocycles. The second kappa shape index (κ2) is 7.23. The quantitative estimate of drug-likeness (QED) is 0.805. The molecule has 0 N–H and O–H groups in total.